The molecular weight excluding hydrogens is 234 g/mol. The summed E-state index contributed by atoms with van der Waals surface area (Å²) < 4.78 is 15.3. The van der Waals surface area contributed by atoms with Crippen molar-refractivity contribution in [3.05, 3.63) is 0 Å². The summed E-state index contributed by atoms with van der Waals surface area (Å²) >= 11 is 0. The van der Waals surface area contributed by atoms with Crippen molar-refractivity contribution in [1.29, 1.82) is 0 Å². The second-order valence-electron chi connectivity index (χ2n) is 4.23. The Morgan fingerprint density at radius 1 is 1.17 bits per heavy atom. The third-order valence-electron chi connectivity index (χ3n) is 2.15. The molecule has 5 nitrogen and oxygen atoms in total. The minimum atomic E-state index is -0.302. The maximum atomic E-state index is 10.9. The first-order valence-corrected chi connectivity index (χ1v) is 6.72. The van der Waals surface area contributed by atoms with Crippen molar-refractivity contribution in [2.24, 2.45) is 0 Å². The Labute approximate surface area is 110 Å². The fraction of sp³-hybridized carbons (Fsp3) is 0.923. The van der Waals surface area contributed by atoms with E-state index in [2.05, 4.69) is 5.32 Å². The van der Waals surface area contributed by atoms with Gasteiger partial charge in [0, 0.05) is 13.2 Å². The third kappa shape index (κ3) is 13.4. The average Bonchev–Trinajstić information content (AvgIpc) is 2.31. The van der Waals surface area contributed by atoms with Gasteiger partial charge >= 0.3 is 5.97 Å². The molecular formula is C13H27NO4. The van der Waals surface area contributed by atoms with E-state index in [0.29, 0.717) is 19.3 Å². The normalized spacial score (nSPS) is 10.9. The molecule has 0 aromatic carbocycles. The van der Waals surface area contributed by atoms with E-state index in [0.717, 1.165) is 32.5 Å². The van der Waals surface area contributed by atoms with Gasteiger partial charge in [0.05, 0.1) is 19.3 Å². The lowest BCUT2D eigenvalue weighted by Gasteiger charge is -2.08. The van der Waals surface area contributed by atoms with Crippen LogP contribution in [0.25, 0.3) is 0 Å². The van der Waals surface area contributed by atoms with Crippen LogP contribution in [-0.4, -0.2) is 51.6 Å². The molecule has 0 aromatic rings. The number of unbranched alkanes of at least 4 members (excludes halogenated alkanes) is 1. The van der Waals surface area contributed by atoms with Crippen molar-refractivity contribution in [3.63, 3.8) is 0 Å². The highest BCUT2D eigenvalue weighted by molar-refractivity contribution is 5.70. The molecule has 0 saturated heterocycles. The lowest BCUT2D eigenvalue weighted by atomic mass is 10.3. The molecule has 5 heteroatoms. The highest BCUT2D eigenvalue weighted by Gasteiger charge is 2.00. The lowest BCUT2D eigenvalue weighted by molar-refractivity contribution is -0.148. The van der Waals surface area contributed by atoms with Crippen molar-refractivity contribution in [2.75, 3.05) is 39.5 Å². The Morgan fingerprint density at radius 2 is 1.94 bits per heavy atom. The van der Waals surface area contributed by atoms with Gasteiger partial charge in [-0.25, -0.2) is 4.79 Å². The van der Waals surface area contributed by atoms with Crippen LogP contribution in [0.3, 0.4) is 0 Å². The highest BCUT2D eigenvalue weighted by Crippen LogP contribution is 1.93. The number of hydrogen-bond acceptors (Lipinski definition) is 5. The molecule has 0 amide bonds. The summed E-state index contributed by atoms with van der Waals surface area (Å²) in [5, 5.41) is 3.25. The maximum absolute atomic E-state index is 10.9. The van der Waals surface area contributed by atoms with Crippen LogP contribution in [0.15, 0.2) is 0 Å². The van der Waals surface area contributed by atoms with Gasteiger partial charge in [0.2, 0.25) is 0 Å². The number of esters is 1. The first-order chi connectivity index (χ1) is 8.66. The zero-order valence-electron chi connectivity index (χ0n) is 11.9. The molecule has 0 heterocycles. The molecule has 0 unspecified atom stereocenters. The third-order valence-corrected chi connectivity index (χ3v) is 2.15. The summed E-state index contributed by atoms with van der Waals surface area (Å²) in [5.74, 6) is -0.302. The fourth-order valence-corrected chi connectivity index (χ4v) is 1.30. The first-order valence-electron chi connectivity index (χ1n) is 6.72. The SMILES string of the molecule is CCOC(=O)COCCNCCCCOC(C)C. The minimum Gasteiger partial charge on any atom is -0.464 e. The first kappa shape index (κ1) is 17.4. The van der Waals surface area contributed by atoms with E-state index in [4.69, 9.17) is 14.2 Å². The summed E-state index contributed by atoms with van der Waals surface area (Å²) in [4.78, 5) is 10.9. The monoisotopic (exact) mass is 261 g/mol. The zero-order valence-corrected chi connectivity index (χ0v) is 11.9. The van der Waals surface area contributed by atoms with Crippen molar-refractivity contribution in [3.8, 4) is 0 Å². The highest BCUT2D eigenvalue weighted by atomic mass is 16.6. The Hall–Kier alpha value is -0.650. The molecule has 0 aromatic heterocycles. The Balaban J connectivity index is 3.05. The topological polar surface area (TPSA) is 56.8 Å². The smallest absolute Gasteiger partial charge is 0.332 e. The summed E-state index contributed by atoms with van der Waals surface area (Å²) in [6.45, 7) is 9.35. The number of carbonyl (C=O) groups excluding carboxylic acids is 1. The predicted octanol–water partition coefficient (Wildman–Crippen LogP) is 1.36. The van der Waals surface area contributed by atoms with E-state index in [-0.39, 0.29) is 12.6 Å². The molecule has 0 spiro atoms. The van der Waals surface area contributed by atoms with E-state index >= 15 is 0 Å². The van der Waals surface area contributed by atoms with E-state index < -0.39 is 0 Å². The molecule has 0 radical (unpaired) electrons. The van der Waals surface area contributed by atoms with Crippen LogP contribution in [-0.2, 0) is 19.0 Å². The molecule has 18 heavy (non-hydrogen) atoms. The Bertz CT molecular complexity index is 197. The number of carbonyl (C=O) groups is 1. The molecule has 0 saturated carbocycles. The molecule has 0 bridgehead atoms. The van der Waals surface area contributed by atoms with E-state index in [1.165, 1.54) is 0 Å². The van der Waals surface area contributed by atoms with Crippen molar-refractivity contribution >= 4 is 5.97 Å². The van der Waals surface area contributed by atoms with Crippen molar-refractivity contribution < 1.29 is 19.0 Å². The van der Waals surface area contributed by atoms with Crippen LogP contribution in [0.4, 0.5) is 0 Å². The van der Waals surface area contributed by atoms with Crippen LogP contribution in [0.5, 0.6) is 0 Å². The average molecular weight is 261 g/mol. The van der Waals surface area contributed by atoms with Gasteiger partial charge in [0.1, 0.15) is 6.61 Å². The summed E-state index contributed by atoms with van der Waals surface area (Å²) in [6, 6.07) is 0. The van der Waals surface area contributed by atoms with Gasteiger partial charge in [0.15, 0.2) is 0 Å². The van der Waals surface area contributed by atoms with Gasteiger partial charge in [-0.05, 0) is 40.2 Å². The summed E-state index contributed by atoms with van der Waals surface area (Å²) in [7, 11) is 0. The van der Waals surface area contributed by atoms with Gasteiger partial charge < -0.3 is 19.5 Å². The molecule has 0 aliphatic heterocycles. The number of hydrogen-bond donors (Lipinski definition) is 1. The van der Waals surface area contributed by atoms with Crippen molar-refractivity contribution in [2.45, 2.75) is 39.7 Å². The van der Waals surface area contributed by atoms with Crippen LogP contribution < -0.4 is 5.32 Å². The van der Waals surface area contributed by atoms with Crippen LogP contribution in [0.1, 0.15) is 33.6 Å². The zero-order chi connectivity index (χ0) is 13.6. The molecule has 0 atom stereocenters. The minimum absolute atomic E-state index is 0.0394. The second kappa shape index (κ2) is 12.8. The molecule has 1 N–H and O–H groups in total. The molecule has 0 aliphatic carbocycles. The van der Waals surface area contributed by atoms with Crippen LogP contribution in [0, 0.1) is 0 Å². The fourth-order valence-electron chi connectivity index (χ4n) is 1.30. The molecule has 0 aliphatic rings. The molecule has 108 valence electrons. The van der Waals surface area contributed by atoms with E-state index in [1.807, 2.05) is 13.8 Å². The number of nitrogens with one attached hydrogen (secondary N) is 1. The van der Waals surface area contributed by atoms with Crippen LogP contribution >= 0.6 is 0 Å². The second-order valence-corrected chi connectivity index (χ2v) is 4.23. The molecule has 0 rings (SSSR count). The predicted molar refractivity (Wildman–Crippen MR) is 70.6 cm³/mol. The maximum Gasteiger partial charge on any atom is 0.332 e. The van der Waals surface area contributed by atoms with E-state index in [1.54, 1.807) is 6.92 Å². The largest absolute Gasteiger partial charge is 0.464 e. The molecule has 0 fully saturated rings. The quantitative estimate of drug-likeness (QED) is 0.424. The Kier molecular flexibility index (Phi) is 12.3. The van der Waals surface area contributed by atoms with Gasteiger partial charge in [-0.1, -0.05) is 0 Å². The summed E-state index contributed by atoms with van der Waals surface area (Å²) in [5.41, 5.74) is 0. The van der Waals surface area contributed by atoms with Gasteiger partial charge in [-0.15, -0.1) is 0 Å². The summed E-state index contributed by atoms with van der Waals surface area (Å²) in [6.07, 6.45) is 2.47. The number of ether oxygens (including phenoxy) is 3. The van der Waals surface area contributed by atoms with Gasteiger partial charge in [-0.2, -0.15) is 0 Å². The standard InChI is InChI=1S/C13H27NO4/c1-4-17-13(15)11-16-10-8-14-7-5-6-9-18-12(2)3/h12,14H,4-11H2,1-3H3. The van der Waals surface area contributed by atoms with Gasteiger partial charge in [-0.3, -0.25) is 0 Å². The lowest BCUT2D eigenvalue weighted by Crippen LogP contribution is -2.23. The van der Waals surface area contributed by atoms with E-state index in [9.17, 15) is 4.79 Å². The Morgan fingerprint density at radius 3 is 2.61 bits per heavy atom. The number of rotatable bonds is 12. The van der Waals surface area contributed by atoms with Crippen molar-refractivity contribution in [1.82, 2.24) is 5.32 Å². The van der Waals surface area contributed by atoms with Gasteiger partial charge in [0.25, 0.3) is 0 Å². The van der Waals surface area contributed by atoms with Crippen LogP contribution in [0.2, 0.25) is 0 Å².